The van der Waals surface area contributed by atoms with Crippen LogP contribution in [-0.2, 0) is 10.2 Å². The number of carbonyl (C=O) groups excluding carboxylic acids is 1. The number of nitrogens with one attached hydrogen (secondary N) is 1. The number of carbonyl (C=O) groups is 1. The Morgan fingerprint density at radius 3 is 2.53 bits per heavy atom. The van der Waals surface area contributed by atoms with E-state index in [2.05, 4.69) is 40.9 Å². The van der Waals surface area contributed by atoms with E-state index >= 15 is 0 Å². The number of para-hydroxylation sites is 1. The molecule has 1 atom stereocenters. The highest BCUT2D eigenvalue weighted by atomic mass is 32.2. The average molecular weight is 425 g/mol. The Kier molecular flexibility index (Phi) is 5.44. The number of nitrogens with zero attached hydrogens (tertiary/aromatic N) is 5. The molecule has 158 valence electrons. The quantitative estimate of drug-likeness (QED) is 0.589. The molecule has 1 amide bonds. The van der Waals surface area contributed by atoms with Gasteiger partial charge in [0.25, 0.3) is 0 Å². The Labute approximate surface area is 181 Å². The van der Waals surface area contributed by atoms with Crippen molar-refractivity contribution in [2.75, 3.05) is 5.32 Å². The molecule has 30 heavy (non-hydrogen) atoms. The predicted octanol–water partition coefficient (Wildman–Crippen LogP) is 4.52. The highest BCUT2D eigenvalue weighted by molar-refractivity contribution is 8.00. The van der Waals surface area contributed by atoms with Crippen molar-refractivity contribution in [2.24, 2.45) is 0 Å². The van der Waals surface area contributed by atoms with E-state index in [0.717, 1.165) is 35.2 Å². The maximum atomic E-state index is 13.0. The number of aromatic nitrogens is 5. The lowest BCUT2D eigenvalue weighted by molar-refractivity contribution is -0.115. The van der Waals surface area contributed by atoms with Crippen molar-refractivity contribution in [3.63, 3.8) is 0 Å². The Balaban J connectivity index is 1.56. The third-order valence-electron chi connectivity index (χ3n) is 5.13. The van der Waals surface area contributed by atoms with Crippen LogP contribution in [0.5, 0.6) is 0 Å². The monoisotopic (exact) mass is 424 g/mol. The molecule has 0 spiro atoms. The first-order valence-electron chi connectivity index (χ1n) is 10.3. The molecule has 8 heteroatoms. The number of rotatable bonds is 6. The van der Waals surface area contributed by atoms with E-state index in [1.807, 2.05) is 50.2 Å². The van der Waals surface area contributed by atoms with Crippen LogP contribution in [0.2, 0.25) is 0 Å². The smallest absolute Gasteiger partial charge is 0.238 e. The summed E-state index contributed by atoms with van der Waals surface area (Å²) in [6.07, 6.45) is 2.30. The standard InChI is InChI=1S/C22H28N6OS/c1-14(30-21-25-24-15(2)27(21)16-11-12-16)20(29)23-19-13-18(22(3,4)5)26-28(19)17-9-7-6-8-10-17/h6-10,13-14,16H,11-12H2,1-5H3,(H,23,29)/t14-/m0/s1. The van der Waals surface area contributed by atoms with E-state index in [4.69, 9.17) is 5.10 Å². The van der Waals surface area contributed by atoms with Crippen molar-refractivity contribution >= 4 is 23.5 Å². The van der Waals surface area contributed by atoms with E-state index in [0.29, 0.717) is 11.9 Å². The molecule has 1 aromatic carbocycles. The number of hydrogen-bond acceptors (Lipinski definition) is 5. The van der Waals surface area contributed by atoms with E-state index in [1.165, 1.54) is 11.8 Å². The minimum Gasteiger partial charge on any atom is -0.310 e. The summed E-state index contributed by atoms with van der Waals surface area (Å²) in [5, 5.41) is 16.8. The summed E-state index contributed by atoms with van der Waals surface area (Å²) in [6.45, 7) is 10.2. The van der Waals surface area contributed by atoms with Crippen molar-refractivity contribution in [3.8, 4) is 5.69 Å². The van der Waals surface area contributed by atoms with E-state index in [-0.39, 0.29) is 16.6 Å². The van der Waals surface area contributed by atoms with Crippen molar-refractivity contribution in [2.45, 2.75) is 69.3 Å². The summed E-state index contributed by atoms with van der Waals surface area (Å²) in [6, 6.07) is 12.3. The number of anilines is 1. The summed E-state index contributed by atoms with van der Waals surface area (Å²) in [5.74, 6) is 1.49. The van der Waals surface area contributed by atoms with Gasteiger partial charge in [-0.15, -0.1) is 10.2 Å². The van der Waals surface area contributed by atoms with Crippen LogP contribution in [0.15, 0.2) is 41.6 Å². The molecule has 4 rings (SSSR count). The highest BCUT2D eigenvalue weighted by Crippen LogP contribution is 2.39. The van der Waals surface area contributed by atoms with Gasteiger partial charge in [0, 0.05) is 17.5 Å². The molecular formula is C22H28N6OS. The van der Waals surface area contributed by atoms with Crippen LogP contribution in [0.1, 0.15) is 58.1 Å². The Hall–Kier alpha value is -2.61. The first-order chi connectivity index (χ1) is 14.2. The van der Waals surface area contributed by atoms with Crippen molar-refractivity contribution < 1.29 is 4.79 Å². The summed E-state index contributed by atoms with van der Waals surface area (Å²) >= 11 is 1.45. The highest BCUT2D eigenvalue weighted by Gasteiger charge is 2.30. The van der Waals surface area contributed by atoms with Gasteiger partial charge in [0.1, 0.15) is 11.6 Å². The molecular weight excluding hydrogens is 396 g/mol. The molecule has 3 aromatic rings. The molecule has 0 saturated heterocycles. The molecule has 1 fully saturated rings. The maximum Gasteiger partial charge on any atom is 0.238 e. The zero-order valence-corrected chi connectivity index (χ0v) is 18.9. The lowest BCUT2D eigenvalue weighted by Gasteiger charge is -2.14. The predicted molar refractivity (Wildman–Crippen MR) is 119 cm³/mol. The summed E-state index contributed by atoms with van der Waals surface area (Å²) in [5.41, 5.74) is 1.71. The zero-order valence-electron chi connectivity index (χ0n) is 18.1. The maximum absolute atomic E-state index is 13.0. The van der Waals surface area contributed by atoms with Gasteiger partial charge >= 0.3 is 0 Å². The number of benzene rings is 1. The minimum absolute atomic E-state index is 0.0828. The number of thioether (sulfide) groups is 1. The third-order valence-corrected chi connectivity index (χ3v) is 6.19. The first-order valence-corrected chi connectivity index (χ1v) is 11.2. The van der Waals surface area contributed by atoms with Gasteiger partial charge in [0.2, 0.25) is 5.91 Å². The fourth-order valence-corrected chi connectivity index (χ4v) is 4.19. The number of aryl methyl sites for hydroxylation is 1. The van der Waals surface area contributed by atoms with Gasteiger partial charge in [-0.05, 0) is 38.8 Å². The Morgan fingerprint density at radius 1 is 1.20 bits per heavy atom. The third kappa shape index (κ3) is 4.28. The van der Waals surface area contributed by atoms with Crippen molar-refractivity contribution in [1.29, 1.82) is 0 Å². The molecule has 0 radical (unpaired) electrons. The second-order valence-corrected chi connectivity index (χ2v) is 10.1. The zero-order chi connectivity index (χ0) is 21.5. The van der Waals surface area contributed by atoms with Gasteiger partial charge in [0.15, 0.2) is 5.16 Å². The van der Waals surface area contributed by atoms with Gasteiger partial charge in [-0.1, -0.05) is 50.7 Å². The summed E-state index contributed by atoms with van der Waals surface area (Å²) in [7, 11) is 0. The fraction of sp³-hybridized carbons (Fsp3) is 0.455. The van der Waals surface area contributed by atoms with E-state index in [9.17, 15) is 4.79 Å². The number of amides is 1. The van der Waals surface area contributed by atoms with Crippen LogP contribution >= 0.6 is 11.8 Å². The lowest BCUT2D eigenvalue weighted by atomic mass is 9.92. The lowest BCUT2D eigenvalue weighted by Crippen LogP contribution is -2.24. The van der Waals surface area contributed by atoms with Crippen molar-refractivity contribution in [3.05, 3.63) is 47.9 Å². The second-order valence-electron chi connectivity index (χ2n) is 8.79. The molecule has 1 aliphatic rings. The molecule has 0 unspecified atom stereocenters. The molecule has 7 nitrogen and oxygen atoms in total. The van der Waals surface area contributed by atoms with Gasteiger partial charge in [0.05, 0.1) is 16.6 Å². The molecule has 1 saturated carbocycles. The van der Waals surface area contributed by atoms with Gasteiger partial charge in [-0.2, -0.15) is 5.10 Å². The van der Waals surface area contributed by atoms with Gasteiger partial charge in [-0.25, -0.2) is 4.68 Å². The van der Waals surface area contributed by atoms with Gasteiger partial charge in [-0.3, -0.25) is 4.79 Å². The van der Waals surface area contributed by atoms with Crippen LogP contribution in [-0.4, -0.2) is 35.7 Å². The Bertz CT molecular complexity index is 1050. The average Bonchev–Trinajstić information content (AvgIpc) is 3.33. The summed E-state index contributed by atoms with van der Waals surface area (Å²) < 4.78 is 3.95. The van der Waals surface area contributed by atoms with Crippen LogP contribution in [0.3, 0.4) is 0 Å². The fourth-order valence-electron chi connectivity index (χ4n) is 3.23. The molecule has 1 N–H and O–H groups in total. The van der Waals surface area contributed by atoms with Crippen LogP contribution in [0.25, 0.3) is 5.69 Å². The van der Waals surface area contributed by atoms with E-state index < -0.39 is 0 Å². The van der Waals surface area contributed by atoms with Crippen LogP contribution in [0.4, 0.5) is 5.82 Å². The topological polar surface area (TPSA) is 77.6 Å². The van der Waals surface area contributed by atoms with Crippen LogP contribution in [0, 0.1) is 6.92 Å². The van der Waals surface area contributed by atoms with Gasteiger partial charge < -0.3 is 9.88 Å². The molecule has 0 bridgehead atoms. The minimum atomic E-state index is -0.316. The molecule has 0 aliphatic heterocycles. The molecule has 1 aliphatic carbocycles. The second kappa shape index (κ2) is 7.91. The number of hydrogen-bond donors (Lipinski definition) is 1. The molecule has 2 heterocycles. The first kappa shape index (κ1) is 20.7. The normalized spacial score (nSPS) is 15.2. The SMILES string of the molecule is Cc1nnc(S[C@@H](C)C(=O)Nc2cc(C(C)(C)C)nn2-c2ccccc2)n1C1CC1. The van der Waals surface area contributed by atoms with E-state index in [1.54, 1.807) is 4.68 Å². The summed E-state index contributed by atoms with van der Waals surface area (Å²) in [4.78, 5) is 13.0. The molecule has 2 aromatic heterocycles. The van der Waals surface area contributed by atoms with Crippen LogP contribution < -0.4 is 5.32 Å². The Morgan fingerprint density at radius 2 is 1.90 bits per heavy atom. The van der Waals surface area contributed by atoms with Crippen molar-refractivity contribution in [1.82, 2.24) is 24.5 Å². The largest absolute Gasteiger partial charge is 0.310 e.